The highest BCUT2D eigenvalue weighted by atomic mass is 35.5. The molecule has 0 aliphatic rings. The lowest BCUT2D eigenvalue weighted by Crippen LogP contribution is -2.12. The third-order valence-corrected chi connectivity index (χ3v) is 3.01. The first kappa shape index (κ1) is 10.9. The van der Waals surface area contributed by atoms with Crippen LogP contribution in [0.25, 0.3) is 16.8 Å². The van der Waals surface area contributed by atoms with Gasteiger partial charge in [-0.2, -0.15) is 0 Å². The largest absolute Gasteiger partial charge is 0.508 e. The molecule has 2 aromatic carbocycles. The third-order valence-electron chi connectivity index (χ3n) is 2.69. The Morgan fingerprint density at radius 3 is 2.72 bits per heavy atom. The lowest BCUT2D eigenvalue weighted by atomic mass is 10.2. The number of hydrogen-bond donors (Lipinski definition) is 2. The van der Waals surface area contributed by atoms with Crippen LogP contribution in [-0.4, -0.2) is 9.67 Å². The number of benzene rings is 2. The second-order valence-corrected chi connectivity index (χ2v) is 4.25. The summed E-state index contributed by atoms with van der Waals surface area (Å²) in [7, 11) is 0. The Bertz CT molecular complexity index is 789. The highest BCUT2D eigenvalue weighted by Gasteiger charge is 2.11. The van der Waals surface area contributed by atoms with E-state index in [-0.39, 0.29) is 11.4 Å². The van der Waals surface area contributed by atoms with Crippen LogP contribution in [0.1, 0.15) is 0 Å². The summed E-state index contributed by atoms with van der Waals surface area (Å²) < 4.78 is 6.88. The molecule has 2 N–H and O–H groups in total. The first-order valence-electron chi connectivity index (χ1n) is 5.31. The quantitative estimate of drug-likeness (QED) is 0.706. The van der Waals surface area contributed by atoms with E-state index < -0.39 is 0 Å². The van der Waals surface area contributed by atoms with E-state index in [0.29, 0.717) is 21.8 Å². The topological polar surface area (TPSA) is 62.1 Å². The van der Waals surface area contributed by atoms with Crippen LogP contribution in [0.5, 0.6) is 5.75 Å². The minimum absolute atomic E-state index is 0.0382. The molecule has 1 aromatic heterocycles. The SMILES string of the molecule is N=c1oc2ccc(O)cc2n1-c1ccccc1Cl. The first-order chi connectivity index (χ1) is 8.66. The van der Waals surface area contributed by atoms with Gasteiger partial charge in [0.25, 0.3) is 5.68 Å². The molecule has 0 atom stereocenters. The van der Waals surface area contributed by atoms with Gasteiger partial charge in [0.1, 0.15) is 5.75 Å². The van der Waals surface area contributed by atoms with Gasteiger partial charge in [0.05, 0.1) is 16.2 Å². The van der Waals surface area contributed by atoms with Gasteiger partial charge in [-0.3, -0.25) is 9.98 Å². The molecule has 3 aromatic rings. The lowest BCUT2D eigenvalue weighted by Gasteiger charge is -2.05. The molecular weight excluding hydrogens is 252 g/mol. The van der Waals surface area contributed by atoms with Crippen molar-refractivity contribution in [2.45, 2.75) is 0 Å². The molecule has 18 heavy (non-hydrogen) atoms. The number of para-hydroxylation sites is 1. The Morgan fingerprint density at radius 1 is 1.17 bits per heavy atom. The van der Waals surface area contributed by atoms with Crippen molar-refractivity contribution >= 4 is 22.7 Å². The average molecular weight is 261 g/mol. The van der Waals surface area contributed by atoms with E-state index in [9.17, 15) is 5.11 Å². The summed E-state index contributed by atoms with van der Waals surface area (Å²) in [5.74, 6) is 0.115. The highest BCUT2D eigenvalue weighted by molar-refractivity contribution is 6.32. The summed E-state index contributed by atoms with van der Waals surface area (Å²) in [6.07, 6.45) is 0. The van der Waals surface area contributed by atoms with E-state index in [1.54, 1.807) is 28.8 Å². The molecular formula is C13H9ClN2O2. The maximum Gasteiger partial charge on any atom is 0.299 e. The molecule has 0 bridgehead atoms. The number of halogens is 1. The van der Waals surface area contributed by atoms with Crippen LogP contribution in [0.4, 0.5) is 0 Å². The Kier molecular flexibility index (Phi) is 2.38. The lowest BCUT2D eigenvalue weighted by molar-refractivity contribution is 0.475. The molecule has 1 heterocycles. The summed E-state index contributed by atoms with van der Waals surface area (Å²) >= 11 is 6.12. The van der Waals surface area contributed by atoms with Crippen molar-refractivity contribution in [1.82, 2.24) is 4.57 Å². The zero-order valence-electron chi connectivity index (χ0n) is 9.22. The first-order valence-corrected chi connectivity index (χ1v) is 5.69. The third kappa shape index (κ3) is 1.58. The number of nitrogens with zero attached hydrogens (tertiary/aromatic N) is 1. The molecule has 0 saturated carbocycles. The second-order valence-electron chi connectivity index (χ2n) is 3.85. The van der Waals surface area contributed by atoms with E-state index in [2.05, 4.69) is 0 Å². The molecule has 90 valence electrons. The van der Waals surface area contributed by atoms with Gasteiger partial charge in [-0.15, -0.1) is 0 Å². The molecule has 5 heteroatoms. The van der Waals surface area contributed by atoms with Gasteiger partial charge in [0.15, 0.2) is 5.58 Å². The predicted octanol–water partition coefficient (Wildman–Crippen LogP) is 3.06. The van der Waals surface area contributed by atoms with Crippen LogP contribution < -0.4 is 5.68 Å². The fourth-order valence-electron chi connectivity index (χ4n) is 1.90. The zero-order valence-corrected chi connectivity index (χ0v) is 9.98. The van der Waals surface area contributed by atoms with Gasteiger partial charge < -0.3 is 9.52 Å². The zero-order chi connectivity index (χ0) is 12.7. The van der Waals surface area contributed by atoms with Crippen LogP contribution in [0.15, 0.2) is 46.9 Å². The molecule has 0 spiro atoms. The van der Waals surface area contributed by atoms with Gasteiger partial charge in [-0.25, -0.2) is 0 Å². The number of phenolic OH excluding ortho intramolecular Hbond substituents is 1. The van der Waals surface area contributed by atoms with Crippen LogP contribution in [-0.2, 0) is 0 Å². The highest BCUT2D eigenvalue weighted by Crippen LogP contribution is 2.25. The number of hydrogen-bond acceptors (Lipinski definition) is 3. The van der Waals surface area contributed by atoms with Crippen molar-refractivity contribution < 1.29 is 9.52 Å². The number of fused-ring (bicyclic) bond motifs is 1. The van der Waals surface area contributed by atoms with E-state index in [4.69, 9.17) is 21.4 Å². The number of nitrogens with one attached hydrogen (secondary N) is 1. The Morgan fingerprint density at radius 2 is 1.94 bits per heavy atom. The number of aromatic hydroxyl groups is 1. The Balaban J connectivity index is 2.42. The van der Waals surface area contributed by atoms with Crippen molar-refractivity contribution in [2.75, 3.05) is 0 Å². The van der Waals surface area contributed by atoms with E-state index in [1.807, 2.05) is 12.1 Å². The minimum atomic E-state index is -0.0382. The van der Waals surface area contributed by atoms with E-state index in [1.165, 1.54) is 6.07 Å². The number of phenols is 1. The summed E-state index contributed by atoms with van der Waals surface area (Å²) in [5.41, 5.74) is 1.74. The van der Waals surface area contributed by atoms with Crippen LogP contribution in [0.3, 0.4) is 0 Å². The van der Waals surface area contributed by atoms with Crippen molar-refractivity contribution in [2.24, 2.45) is 0 Å². The molecule has 0 aliphatic heterocycles. The number of rotatable bonds is 1. The smallest absolute Gasteiger partial charge is 0.299 e. The summed E-state index contributed by atoms with van der Waals surface area (Å²) in [5, 5.41) is 17.9. The van der Waals surface area contributed by atoms with Crippen LogP contribution in [0.2, 0.25) is 5.02 Å². The average Bonchev–Trinajstić information content (AvgIpc) is 2.66. The molecule has 4 nitrogen and oxygen atoms in total. The van der Waals surface area contributed by atoms with E-state index in [0.717, 1.165) is 0 Å². The molecule has 3 rings (SSSR count). The predicted molar refractivity (Wildman–Crippen MR) is 68.1 cm³/mol. The molecule has 0 radical (unpaired) electrons. The van der Waals surface area contributed by atoms with E-state index >= 15 is 0 Å². The maximum atomic E-state index is 9.53. The van der Waals surface area contributed by atoms with Crippen molar-refractivity contribution in [3.8, 4) is 11.4 Å². The maximum absolute atomic E-state index is 9.53. The summed E-state index contributed by atoms with van der Waals surface area (Å²) in [6.45, 7) is 0. The monoisotopic (exact) mass is 260 g/mol. The molecule has 0 fully saturated rings. The second kappa shape index (κ2) is 3.92. The van der Waals surface area contributed by atoms with Gasteiger partial charge in [-0.1, -0.05) is 23.7 Å². The fourth-order valence-corrected chi connectivity index (χ4v) is 2.12. The van der Waals surface area contributed by atoms with Crippen molar-refractivity contribution in [3.05, 3.63) is 53.2 Å². The summed E-state index contributed by atoms with van der Waals surface area (Å²) in [4.78, 5) is 0. The van der Waals surface area contributed by atoms with Crippen LogP contribution >= 0.6 is 11.6 Å². The summed E-state index contributed by atoms with van der Waals surface area (Å²) in [6, 6.07) is 11.9. The van der Waals surface area contributed by atoms with Crippen LogP contribution in [0, 0.1) is 5.41 Å². The van der Waals surface area contributed by atoms with Crippen molar-refractivity contribution in [1.29, 1.82) is 5.41 Å². The Labute approximate surface area is 107 Å². The van der Waals surface area contributed by atoms with Gasteiger partial charge in [0.2, 0.25) is 0 Å². The van der Waals surface area contributed by atoms with Crippen molar-refractivity contribution in [3.63, 3.8) is 0 Å². The Hall–Kier alpha value is -2.20. The minimum Gasteiger partial charge on any atom is -0.508 e. The van der Waals surface area contributed by atoms with Gasteiger partial charge in [0, 0.05) is 6.07 Å². The number of aromatic nitrogens is 1. The number of oxazole rings is 1. The van der Waals surface area contributed by atoms with Gasteiger partial charge >= 0.3 is 0 Å². The van der Waals surface area contributed by atoms with Gasteiger partial charge in [-0.05, 0) is 24.3 Å². The fraction of sp³-hybridized carbons (Fsp3) is 0. The molecule has 0 amide bonds. The normalized spacial score (nSPS) is 10.9. The standard InChI is InChI=1S/C13H9ClN2O2/c14-9-3-1-2-4-10(9)16-11-7-8(17)5-6-12(11)18-13(16)15/h1-7,15,17H. The molecule has 0 aliphatic carbocycles. The molecule has 0 unspecified atom stereocenters. The molecule has 0 saturated heterocycles.